The Balaban J connectivity index is 2.46. The predicted molar refractivity (Wildman–Crippen MR) is 97.7 cm³/mol. The molecule has 8 nitrogen and oxygen atoms in total. The number of hydrogen-bond donors (Lipinski definition) is 1. The first-order chi connectivity index (χ1) is 12.7. The van der Waals surface area contributed by atoms with E-state index >= 15 is 0 Å². The second-order valence-electron chi connectivity index (χ2n) is 5.52. The number of sulfonamides is 1. The van der Waals surface area contributed by atoms with Crippen molar-refractivity contribution in [1.29, 1.82) is 0 Å². The van der Waals surface area contributed by atoms with Gasteiger partial charge in [0, 0.05) is 0 Å². The van der Waals surface area contributed by atoms with Crippen LogP contribution in [0, 0.1) is 6.92 Å². The lowest BCUT2D eigenvalue weighted by Crippen LogP contribution is -2.15. The summed E-state index contributed by atoms with van der Waals surface area (Å²) in [7, 11) is -0.126. The van der Waals surface area contributed by atoms with Crippen LogP contribution < -0.4 is 9.46 Å². The second-order valence-corrected chi connectivity index (χ2v) is 7.20. The molecule has 1 N–H and O–H groups in total. The number of esters is 2. The lowest BCUT2D eigenvalue weighted by atomic mass is 10.1. The van der Waals surface area contributed by atoms with E-state index in [-0.39, 0.29) is 21.7 Å². The van der Waals surface area contributed by atoms with Crippen molar-refractivity contribution in [3.05, 3.63) is 53.1 Å². The SMILES string of the molecule is COC(=O)c1cc(NS(=O)(=O)c2ccc(OC)c(C)c2)cc(C(=O)OC)c1. The summed E-state index contributed by atoms with van der Waals surface area (Å²) in [5, 5.41) is 0. The Morgan fingerprint density at radius 3 is 1.89 bits per heavy atom. The monoisotopic (exact) mass is 393 g/mol. The van der Waals surface area contributed by atoms with E-state index in [2.05, 4.69) is 14.2 Å². The number of nitrogens with one attached hydrogen (secondary N) is 1. The molecule has 0 saturated heterocycles. The molecule has 2 aromatic rings. The number of rotatable bonds is 6. The van der Waals surface area contributed by atoms with Gasteiger partial charge in [-0.15, -0.1) is 0 Å². The molecule has 9 heteroatoms. The molecule has 0 atom stereocenters. The molecule has 0 unspecified atom stereocenters. The average Bonchev–Trinajstić information content (AvgIpc) is 2.65. The smallest absolute Gasteiger partial charge is 0.337 e. The van der Waals surface area contributed by atoms with Gasteiger partial charge in [0.1, 0.15) is 5.75 Å². The second kappa shape index (κ2) is 8.09. The lowest BCUT2D eigenvalue weighted by molar-refractivity contribution is 0.0599. The Morgan fingerprint density at radius 2 is 1.44 bits per heavy atom. The molecular formula is C18H19NO7S. The van der Waals surface area contributed by atoms with Crippen LogP contribution in [-0.2, 0) is 19.5 Å². The van der Waals surface area contributed by atoms with E-state index in [1.165, 1.54) is 57.7 Å². The Kier molecular flexibility index (Phi) is 6.06. The van der Waals surface area contributed by atoms with Crippen LogP contribution in [0.15, 0.2) is 41.3 Å². The molecule has 144 valence electrons. The summed E-state index contributed by atoms with van der Waals surface area (Å²) in [5.74, 6) is -0.891. The molecule has 27 heavy (non-hydrogen) atoms. The van der Waals surface area contributed by atoms with E-state index in [4.69, 9.17) is 4.74 Å². The van der Waals surface area contributed by atoms with Crippen LogP contribution in [0.5, 0.6) is 5.75 Å². The highest BCUT2D eigenvalue weighted by Gasteiger charge is 2.19. The number of ether oxygens (including phenoxy) is 3. The molecule has 0 aliphatic carbocycles. The van der Waals surface area contributed by atoms with Crippen molar-refractivity contribution in [2.24, 2.45) is 0 Å². The summed E-state index contributed by atoms with van der Waals surface area (Å²) in [4.78, 5) is 23.6. The first-order valence-corrected chi connectivity index (χ1v) is 9.19. The van der Waals surface area contributed by atoms with Gasteiger partial charge in [-0.25, -0.2) is 18.0 Å². The first kappa shape index (κ1) is 20.2. The molecule has 0 aliphatic heterocycles. The van der Waals surface area contributed by atoms with Gasteiger partial charge in [0.2, 0.25) is 0 Å². The largest absolute Gasteiger partial charge is 0.496 e. The highest BCUT2D eigenvalue weighted by Crippen LogP contribution is 2.24. The zero-order valence-corrected chi connectivity index (χ0v) is 16.0. The van der Waals surface area contributed by atoms with Crippen LogP contribution in [0.4, 0.5) is 5.69 Å². The van der Waals surface area contributed by atoms with Gasteiger partial charge < -0.3 is 14.2 Å². The van der Waals surface area contributed by atoms with Gasteiger partial charge in [0.15, 0.2) is 0 Å². The van der Waals surface area contributed by atoms with Crippen LogP contribution in [0.3, 0.4) is 0 Å². The molecule has 2 aromatic carbocycles. The zero-order chi connectivity index (χ0) is 20.2. The minimum absolute atomic E-state index is 0.00360. The third-order valence-corrected chi connectivity index (χ3v) is 5.08. The van der Waals surface area contributed by atoms with E-state index in [0.717, 1.165) is 0 Å². The molecule has 2 rings (SSSR count). The van der Waals surface area contributed by atoms with Gasteiger partial charge in [-0.05, 0) is 48.9 Å². The van der Waals surface area contributed by atoms with Crippen molar-refractivity contribution >= 4 is 27.6 Å². The topological polar surface area (TPSA) is 108 Å². The zero-order valence-electron chi connectivity index (χ0n) is 15.2. The molecule has 0 spiro atoms. The highest BCUT2D eigenvalue weighted by atomic mass is 32.2. The van der Waals surface area contributed by atoms with Gasteiger partial charge >= 0.3 is 11.9 Å². The number of anilines is 1. The minimum Gasteiger partial charge on any atom is -0.496 e. The van der Waals surface area contributed by atoms with Gasteiger partial charge in [-0.2, -0.15) is 0 Å². The van der Waals surface area contributed by atoms with Crippen LogP contribution in [0.2, 0.25) is 0 Å². The number of carbonyl (C=O) groups excluding carboxylic acids is 2. The maximum absolute atomic E-state index is 12.7. The third-order valence-electron chi connectivity index (χ3n) is 3.70. The van der Waals surface area contributed by atoms with Crippen molar-refractivity contribution in [3.8, 4) is 5.75 Å². The Bertz CT molecular complexity index is 949. The molecule has 0 bridgehead atoms. The van der Waals surface area contributed by atoms with E-state index in [1.54, 1.807) is 6.92 Å². The van der Waals surface area contributed by atoms with E-state index in [0.29, 0.717) is 11.3 Å². The first-order valence-electron chi connectivity index (χ1n) is 7.71. The maximum atomic E-state index is 12.7. The fraction of sp³-hybridized carbons (Fsp3) is 0.222. The molecule has 0 amide bonds. The van der Waals surface area contributed by atoms with Crippen molar-refractivity contribution in [2.75, 3.05) is 26.1 Å². The standard InChI is InChI=1S/C18H19NO7S/c1-11-7-15(5-6-16(11)24-2)27(22,23)19-14-9-12(17(20)25-3)8-13(10-14)18(21)26-4/h5-10,19H,1-4H3. The van der Waals surface area contributed by atoms with Crippen molar-refractivity contribution in [3.63, 3.8) is 0 Å². The number of benzene rings is 2. The van der Waals surface area contributed by atoms with Gasteiger partial charge in [-0.1, -0.05) is 0 Å². The third kappa shape index (κ3) is 4.56. The molecule has 0 fully saturated rings. The predicted octanol–water partition coefficient (Wildman–Crippen LogP) is 2.38. The van der Waals surface area contributed by atoms with Crippen molar-refractivity contribution in [2.45, 2.75) is 11.8 Å². The highest BCUT2D eigenvalue weighted by molar-refractivity contribution is 7.92. The Hall–Kier alpha value is -3.07. The summed E-state index contributed by atoms with van der Waals surface area (Å²) in [5.41, 5.74) is 0.665. The van der Waals surface area contributed by atoms with Crippen molar-refractivity contribution < 1.29 is 32.2 Å². The quantitative estimate of drug-likeness (QED) is 0.751. The van der Waals surface area contributed by atoms with E-state index < -0.39 is 22.0 Å². The van der Waals surface area contributed by atoms with E-state index in [1.807, 2.05) is 0 Å². The Morgan fingerprint density at radius 1 is 0.889 bits per heavy atom. The molecular weight excluding hydrogens is 374 g/mol. The van der Waals surface area contributed by atoms with Gasteiger partial charge in [0.25, 0.3) is 10.0 Å². The summed E-state index contributed by atoms with van der Waals surface area (Å²) < 4.78 is 42.1. The average molecular weight is 393 g/mol. The summed E-state index contributed by atoms with van der Waals surface area (Å²) in [6.45, 7) is 1.71. The maximum Gasteiger partial charge on any atom is 0.337 e. The molecule has 0 aliphatic rings. The molecule has 0 saturated carbocycles. The van der Waals surface area contributed by atoms with Crippen LogP contribution in [-0.4, -0.2) is 41.7 Å². The van der Waals surface area contributed by atoms with Crippen LogP contribution in [0.25, 0.3) is 0 Å². The fourth-order valence-electron chi connectivity index (χ4n) is 2.39. The summed E-state index contributed by atoms with van der Waals surface area (Å²) in [6.07, 6.45) is 0. The van der Waals surface area contributed by atoms with Crippen LogP contribution >= 0.6 is 0 Å². The van der Waals surface area contributed by atoms with Gasteiger partial charge in [0.05, 0.1) is 43.0 Å². The molecule has 0 heterocycles. The Labute approximate surface area is 157 Å². The number of carbonyl (C=O) groups is 2. The summed E-state index contributed by atoms with van der Waals surface area (Å²) in [6, 6.07) is 8.17. The normalized spacial score (nSPS) is 10.8. The van der Waals surface area contributed by atoms with Crippen LogP contribution in [0.1, 0.15) is 26.3 Å². The number of aryl methyl sites for hydroxylation is 1. The van der Waals surface area contributed by atoms with Gasteiger partial charge in [-0.3, -0.25) is 4.72 Å². The molecule has 0 radical (unpaired) electrons. The lowest BCUT2D eigenvalue weighted by Gasteiger charge is -2.12. The fourth-order valence-corrected chi connectivity index (χ4v) is 3.52. The number of methoxy groups -OCH3 is 3. The van der Waals surface area contributed by atoms with Crippen molar-refractivity contribution in [1.82, 2.24) is 0 Å². The van der Waals surface area contributed by atoms with E-state index in [9.17, 15) is 18.0 Å². The minimum atomic E-state index is -3.97. The summed E-state index contributed by atoms with van der Waals surface area (Å²) >= 11 is 0. The number of hydrogen-bond acceptors (Lipinski definition) is 7. The molecule has 0 aromatic heterocycles.